The monoisotopic (exact) mass is 190 g/mol. The molecule has 0 atom stereocenters. The highest BCUT2D eigenvalue weighted by Crippen LogP contribution is 2.86. The van der Waals surface area contributed by atoms with Gasteiger partial charge in [-0.3, -0.25) is 4.79 Å². The number of ketones is 1. The molecule has 0 unspecified atom stereocenters. The number of hydrogen-bond donors (Lipinski definition) is 0. The molecule has 72 valence electrons. The molecule has 3 rings (SSSR count). The van der Waals surface area contributed by atoms with Crippen molar-refractivity contribution >= 4 is 5.78 Å². The summed E-state index contributed by atoms with van der Waals surface area (Å²) in [5.74, 6) is 0.0849. The molecule has 0 aliphatic heterocycles. The fraction of sp³-hybridized carbons (Fsp3) is 0.417. The lowest BCUT2D eigenvalue weighted by Gasteiger charge is -2.01. The Bertz CT molecular complexity index is 412. The third kappa shape index (κ3) is 0.729. The van der Waals surface area contributed by atoms with E-state index in [4.69, 9.17) is 0 Å². The maximum Gasteiger partial charge on any atom is 0.136 e. The third-order valence-electron chi connectivity index (χ3n) is 3.94. The maximum atomic E-state index is 12.7. The first-order valence-corrected chi connectivity index (χ1v) is 4.88. The minimum Gasteiger partial charge on any atom is -0.299 e. The highest BCUT2D eigenvalue weighted by molar-refractivity contribution is 5.94. The zero-order valence-corrected chi connectivity index (χ0v) is 8.01. The summed E-state index contributed by atoms with van der Waals surface area (Å²) in [7, 11) is 0. The highest BCUT2D eigenvalue weighted by atomic mass is 19.1. The molecule has 2 saturated carbocycles. The van der Waals surface area contributed by atoms with Crippen molar-refractivity contribution in [2.75, 3.05) is 0 Å². The van der Waals surface area contributed by atoms with E-state index in [2.05, 4.69) is 0 Å². The van der Waals surface area contributed by atoms with Crippen molar-refractivity contribution in [2.45, 2.75) is 25.2 Å². The molecule has 1 nitrogen and oxygen atoms in total. The number of halogens is 1. The zero-order chi connectivity index (χ0) is 9.97. The van der Waals surface area contributed by atoms with Gasteiger partial charge in [0.25, 0.3) is 0 Å². The highest BCUT2D eigenvalue weighted by Gasteiger charge is 2.85. The number of Topliss-reactive ketones (excluding diaryl/α,β-unsaturated/α-hetero) is 1. The second kappa shape index (κ2) is 2.08. The van der Waals surface area contributed by atoms with Crippen LogP contribution in [-0.2, 0) is 10.2 Å². The molecule has 0 radical (unpaired) electrons. The molecule has 0 spiro atoms. The lowest BCUT2D eigenvalue weighted by Crippen LogP contribution is -1.99. The summed E-state index contributed by atoms with van der Waals surface area (Å²) < 4.78 is 12.7. The summed E-state index contributed by atoms with van der Waals surface area (Å²) in [6.07, 6.45) is 1.95. The van der Waals surface area contributed by atoms with Gasteiger partial charge in [-0.25, -0.2) is 4.39 Å². The van der Waals surface area contributed by atoms with Gasteiger partial charge in [-0.1, -0.05) is 12.1 Å². The van der Waals surface area contributed by atoms with Crippen LogP contribution < -0.4 is 0 Å². The van der Waals surface area contributed by atoms with Crippen molar-refractivity contribution in [3.8, 4) is 0 Å². The summed E-state index contributed by atoms with van der Waals surface area (Å²) >= 11 is 0. The van der Waals surface area contributed by atoms with E-state index in [0.717, 1.165) is 18.4 Å². The lowest BCUT2D eigenvalue weighted by atomic mass is 10.0. The van der Waals surface area contributed by atoms with Gasteiger partial charge < -0.3 is 0 Å². The zero-order valence-electron chi connectivity index (χ0n) is 8.01. The quantitative estimate of drug-likeness (QED) is 0.700. The standard InChI is InChI=1S/C12H11FO/c1-8(14)11-6-12(11,7-11)9-2-4-10(13)5-3-9/h2-5H,6-7H2,1H3. The molecule has 14 heavy (non-hydrogen) atoms. The molecular weight excluding hydrogens is 179 g/mol. The molecule has 0 bridgehead atoms. The molecule has 1 aromatic rings. The normalized spacial score (nSPS) is 37.6. The molecule has 2 aliphatic rings. The minimum absolute atomic E-state index is 0.0508. The summed E-state index contributed by atoms with van der Waals surface area (Å²) in [5, 5.41) is 0. The minimum atomic E-state index is -0.208. The first-order chi connectivity index (χ1) is 6.61. The van der Waals surface area contributed by atoms with Crippen LogP contribution in [0.3, 0.4) is 0 Å². The Labute approximate surface area is 81.9 Å². The van der Waals surface area contributed by atoms with Gasteiger partial charge >= 0.3 is 0 Å². The molecule has 0 aromatic heterocycles. The van der Waals surface area contributed by atoms with Crippen LogP contribution in [0.2, 0.25) is 0 Å². The van der Waals surface area contributed by atoms with Gasteiger partial charge in [-0.15, -0.1) is 0 Å². The van der Waals surface area contributed by atoms with Crippen LogP contribution in [0, 0.1) is 11.2 Å². The van der Waals surface area contributed by atoms with Crippen molar-refractivity contribution < 1.29 is 9.18 Å². The van der Waals surface area contributed by atoms with Crippen molar-refractivity contribution in [1.82, 2.24) is 0 Å². The Morgan fingerprint density at radius 3 is 2.29 bits per heavy atom. The van der Waals surface area contributed by atoms with Gasteiger partial charge in [0.2, 0.25) is 0 Å². The number of carbonyl (C=O) groups excluding carboxylic acids is 1. The summed E-state index contributed by atoms with van der Waals surface area (Å²) in [6, 6.07) is 6.58. The first-order valence-electron chi connectivity index (χ1n) is 4.88. The largest absolute Gasteiger partial charge is 0.299 e. The second-order valence-corrected chi connectivity index (χ2v) is 4.58. The van der Waals surface area contributed by atoms with Crippen LogP contribution in [0.15, 0.2) is 24.3 Å². The topological polar surface area (TPSA) is 17.1 Å². The van der Waals surface area contributed by atoms with Gasteiger partial charge in [0, 0.05) is 10.8 Å². The van der Waals surface area contributed by atoms with E-state index >= 15 is 0 Å². The molecule has 2 heteroatoms. The van der Waals surface area contributed by atoms with Gasteiger partial charge in [-0.05, 0) is 37.5 Å². The Morgan fingerprint density at radius 1 is 1.29 bits per heavy atom. The Kier molecular flexibility index (Phi) is 1.21. The van der Waals surface area contributed by atoms with E-state index in [-0.39, 0.29) is 16.6 Å². The van der Waals surface area contributed by atoms with Crippen LogP contribution in [-0.4, -0.2) is 5.78 Å². The number of hydrogen-bond acceptors (Lipinski definition) is 1. The Balaban J connectivity index is 1.95. The van der Waals surface area contributed by atoms with Gasteiger partial charge in [0.1, 0.15) is 11.6 Å². The Morgan fingerprint density at radius 2 is 1.86 bits per heavy atom. The SMILES string of the molecule is CC(=O)C12CC1(c1ccc(F)cc1)C2. The predicted molar refractivity (Wildman–Crippen MR) is 50.4 cm³/mol. The van der Waals surface area contributed by atoms with Crippen LogP contribution in [0.4, 0.5) is 4.39 Å². The van der Waals surface area contributed by atoms with E-state index in [1.54, 1.807) is 6.92 Å². The first kappa shape index (κ1) is 8.16. The van der Waals surface area contributed by atoms with E-state index in [9.17, 15) is 9.18 Å². The molecule has 1 aromatic carbocycles. The summed E-state index contributed by atoms with van der Waals surface area (Å²) in [4.78, 5) is 11.3. The smallest absolute Gasteiger partial charge is 0.136 e. The van der Waals surface area contributed by atoms with E-state index in [1.807, 2.05) is 12.1 Å². The van der Waals surface area contributed by atoms with Crippen molar-refractivity contribution in [2.24, 2.45) is 5.41 Å². The number of fused-ring (bicyclic) bond motifs is 1. The van der Waals surface area contributed by atoms with Crippen molar-refractivity contribution in [3.05, 3.63) is 35.6 Å². The number of benzene rings is 1. The summed E-state index contributed by atoms with van der Waals surface area (Å²) in [5.41, 5.74) is 1.19. The fourth-order valence-electron chi connectivity index (χ4n) is 2.73. The third-order valence-corrected chi connectivity index (χ3v) is 3.94. The van der Waals surface area contributed by atoms with Crippen molar-refractivity contribution in [3.63, 3.8) is 0 Å². The van der Waals surface area contributed by atoms with Crippen LogP contribution in [0.25, 0.3) is 0 Å². The molecule has 0 saturated heterocycles. The molecule has 2 aliphatic carbocycles. The van der Waals surface area contributed by atoms with Gasteiger partial charge in [0.05, 0.1) is 0 Å². The average Bonchev–Trinajstić information content (AvgIpc) is 2.90. The average molecular weight is 190 g/mol. The van der Waals surface area contributed by atoms with E-state index in [0.29, 0.717) is 5.78 Å². The lowest BCUT2D eigenvalue weighted by molar-refractivity contribution is -0.120. The van der Waals surface area contributed by atoms with Gasteiger partial charge in [-0.2, -0.15) is 0 Å². The second-order valence-electron chi connectivity index (χ2n) is 4.58. The molecule has 0 heterocycles. The van der Waals surface area contributed by atoms with Crippen LogP contribution >= 0.6 is 0 Å². The number of rotatable bonds is 2. The molecule has 2 fully saturated rings. The molecule has 0 N–H and O–H groups in total. The van der Waals surface area contributed by atoms with Crippen LogP contribution in [0.5, 0.6) is 0 Å². The predicted octanol–water partition coefficient (Wildman–Crippen LogP) is 2.45. The Hall–Kier alpha value is -1.18. The van der Waals surface area contributed by atoms with Crippen LogP contribution in [0.1, 0.15) is 25.3 Å². The summed E-state index contributed by atoms with van der Waals surface area (Å²) in [6.45, 7) is 1.66. The molecule has 0 amide bonds. The fourth-order valence-corrected chi connectivity index (χ4v) is 2.73. The van der Waals surface area contributed by atoms with Gasteiger partial charge in [0.15, 0.2) is 0 Å². The van der Waals surface area contributed by atoms with E-state index in [1.165, 1.54) is 12.1 Å². The molecular formula is C12H11FO. The maximum absolute atomic E-state index is 12.7. The van der Waals surface area contributed by atoms with Crippen molar-refractivity contribution in [1.29, 1.82) is 0 Å². The number of carbonyl (C=O) groups is 1. The van der Waals surface area contributed by atoms with E-state index < -0.39 is 0 Å².